The molecule has 3 heterocycles. The van der Waals surface area contributed by atoms with Crippen LogP contribution in [0.5, 0.6) is 5.75 Å². The highest BCUT2D eigenvalue weighted by atomic mass is 19.4. The molecule has 3 aliphatic heterocycles. The molecule has 4 nitrogen and oxygen atoms in total. The number of piperidine rings is 1. The van der Waals surface area contributed by atoms with Gasteiger partial charge in [-0.15, -0.1) is 13.2 Å². The molecule has 0 bridgehead atoms. The van der Waals surface area contributed by atoms with E-state index in [4.69, 9.17) is 4.74 Å². The summed E-state index contributed by atoms with van der Waals surface area (Å²) in [7, 11) is 0. The second-order valence-corrected chi connectivity index (χ2v) is 7.40. The maximum Gasteiger partial charge on any atom is 0.573 e. The smallest absolute Gasteiger partial charge is 0.453 e. The van der Waals surface area contributed by atoms with E-state index in [1.807, 2.05) is 6.08 Å². The molecule has 4 rings (SSSR count). The van der Waals surface area contributed by atoms with Crippen LogP contribution in [0.2, 0.25) is 0 Å². The number of rotatable bonds is 1. The van der Waals surface area contributed by atoms with Gasteiger partial charge >= 0.3 is 12.3 Å². The summed E-state index contributed by atoms with van der Waals surface area (Å²) in [5, 5.41) is 0. The average molecular weight is 403 g/mol. The molecule has 3 atom stereocenters. The molecule has 1 aromatic carbocycles. The SMILES string of the molecule is CC1C=C(C#Cc2ccc(OC(F)(F)F)cc2)C2=CC(=O)OC2C2CCCCN12. The number of carbonyl (C=O) groups excluding carboxylic acids is 1. The van der Waals surface area contributed by atoms with Gasteiger partial charge < -0.3 is 9.47 Å². The lowest BCUT2D eigenvalue weighted by atomic mass is 9.92. The number of carbonyl (C=O) groups is 1. The van der Waals surface area contributed by atoms with Crippen LogP contribution >= 0.6 is 0 Å². The first-order valence-electron chi connectivity index (χ1n) is 9.58. The Balaban J connectivity index is 1.61. The lowest BCUT2D eigenvalue weighted by Crippen LogP contribution is -2.49. The number of esters is 1. The van der Waals surface area contributed by atoms with E-state index >= 15 is 0 Å². The topological polar surface area (TPSA) is 38.8 Å². The van der Waals surface area contributed by atoms with E-state index in [0.29, 0.717) is 5.56 Å². The zero-order valence-corrected chi connectivity index (χ0v) is 15.8. The number of hydrogen-bond acceptors (Lipinski definition) is 4. The number of hydrogen-bond donors (Lipinski definition) is 0. The van der Waals surface area contributed by atoms with Crippen molar-refractivity contribution in [2.45, 2.75) is 50.7 Å². The Bertz CT molecular complexity index is 921. The number of nitrogens with zero attached hydrogens (tertiary/aromatic N) is 1. The predicted octanol–water partition coefficient (Wildman–Crippen LogP) is 3.97. The molecule has 7 heteroatoms. The van der Waals surface area contributed by atoms with E-state index in [9.17, 15) is 18.0 Å². The van der Waals surface area contributed by atoms with Gasteiger partial charge in [-0.2, -0.15) is 0 Å². The van der Waals surface area contributed by atoms with Crippen LogP contribution in [0.15, 0.2) is 47.6 Å². The molecule has 0 aliphatic carbocycles. The summed E-state index contributed by atoms with van der Waals surface area (Å²) in [5.41, 5.74) is 2.08. The Labute approximate surface area is 167 Å². The molecule has 3 unspecified atom stereocenters. The van der Waals surface area contributed by atoms with Crippen LogP contribution in [0.25, 0.3) is 0 Å². The van der Waals surface area contributed by atoms with Crippen LogP contribution in [0.3, 0.4) is 0 Å². The molecule has 152 valence electrons. The Morgan fingerprint density at radius 1 is 1.17 bits per heavy atom. The molecule has 1 aromatic rings. The third kappa shape index (κ3) is 4.33. The molecule has 1 saturated heterocycles. The van der Waals surface area contributed by atoms with E-state index in [2.05, 4.69) is 28.4 Å². The van der Waals surface area contributed by atoms with Crippen LogP contribution in [0, 0.1) is 11.8 Å². The molecule has 0 saturated carbocycles. The standard InChI is InChI=1S/C22H20F3NO3/c1-14-12-16(8-5-15-6-9-17(10-7-15)29-22(23,24)25)18-13-20(27)28-21(18)19-4-2-3-11-26(14)19/h6-7,9-10,12-14,19,21H,2-4,11H2,1H3. The van der Waals surface area contributed by atoms with Gasteiger partial charge in [0.15, 0.2) is 0 Å². The van der Waals surface area contributed by atoms with Crippen molar-refractivity contribution in [3.05, 3.63) is 53.1 Å². The summed E-state index contributed by atoms with van der Waals surface area (Å²) in [6.45, 7) is 3.05. The van der Waals surface area contributed by atoms with E-state index in [0.717, 1.165) is 37.0 Å². The maximum atomic E-state index is 12.3. The second kappa shape index (κ2) is 7.60. The summed E-state index contributed by atoms with van der Waals surface area (Å²) in [6.07, 6.45) is 1.68. The second-order valence-electron chi connectivity index (χ2n) is 7.40. The van der Waals surface area contributed by atoms with Crippen LogP contribution in [0.1, 0.15) is 31.7 Å². The maximum absolute atomic E-state index is 12.3. The van der Waals surface area contributed by atoms with Crippen molar-refractivity contribution in [1.29, 1.82) is 0 Å². The zero-order chi connectivity index (χ0) is 20.6. The average Bonchev–Trinajstić information content (AvgIpc) is 3.02. The molecule has 0 aromatic heterocycles. The Morgan fingerprint density at radius 2 is 1.93 bits per heavy atom. The van der Waals surface area contributed by atoms with Gasteiger partial charge in [0.05, 0.1) is 6.04 Å². The monoisotopic (exact) mass is 403 g/mol. The normalized spacial score (nSPS) is 26.8. The molecule has 0 N–H and O–H groups in total. The summed E-state index contributed by atoms with van der Waals surface area (Å²) in [5.74, 6) is 5.43. The minimum Gasteiger partial charge on any atom is -0.453 e. The summed E-state index contributed by atoms with van der Waals surface area (Å²) < 4.78 is 46.3. The summed E-state index contributed by atoms with van der Waals surface area (Å²) >= 11 is 0. The highest BCUT2D eigenvalue weighted by Crippen LogP contribution is 2.36. The predicted molar refractivity (Wildman–Crippen MR) is 99.9 cm³/mol. The van der Waals surface area contributed by atoms with Crippen molar-refractivity contribution in [2.24, 2.45) is 0 Å². The zero-order valence-electron chi connectivity index (χ0n) is 15.8. The molecular formula is C22H20F3NO3. The van der Waals surface area contributed by atoms with Gasteiger partial charge in [-0.05, 0) is 50.6 Å². The number of fused-ring (bicyclic) bond motifs is 3. The fourth-order valence-electron chi connectivity index (χ4n) is 4.19. The first kappa shape index (κ1) is 19.6. The van der Waals surface area contributed by atoms with Crippen LogP contribution in [-0.4, -0.2) is 42.0 Å². The highest BCUT2D eigenvalue weighted by molar-refractivity contribution is 5.88. The van der Waals surface area contributed by atoms with Gasteiger partial charge in [-0.3, -0.25) is 4.90 Å². The van der Waals surface area contributed by atoms with Gasteiger partial charge in [-0.1, -0.05) is 24.3 Å². The van der Waals surface area contributed by atoms with Crippen molar-refractivity contribution < 1.29 is 27.4 Å². The summed E-state index contributed by atoms with van der Waals surface area (Å²) in [6, 6.07) is 5.70. The minimum absolute atomic E-state index is 0.144. The molecule has 0 radical (unpaired) electrons. The third-order valence-corrected chi connectivity index (χ3v) is 5.44. The Morgan fingerprint density at radius 3 is 2.66 bits per heavy atom. The Hall–Kier alpha value is -2.72. The van der Waals surface area contributed by atoms with Gasteiger partial charge in [0.25, 0.3) is 0 Å². The van der Waals surface area contributed by atoms with Crippen molar-refractivity contribution in [3.63, 3.8) is 0 Å². The van der Waals surface area contributed by atoms with Crippen LogP contribution < -0.4 is 4.74 Å². The van der Waals surface area contributed by atoms with E-state index in [-0.39, 0.29) is 29.9 Å². The number of alkyl halides is 3. The van der Waals surface area contributed by atoms with Gasteiger partial charge in [0.1, 0.15) is 11.9 Å². The quantitative estimate of drug-likeness (QED) is 0.526. The highest BCUT2D eigenvalue weighted by Gasteiger charge is 2.42. The van der Waals surface area contributed by atoms with Crippen molar-refractivity contribution in [1.82, 2.24) is 4.90 Å². The van der Waals surface area contributed by atoms with E-state index < -0.39 is 6.36 Å². The number of ether oxygens (including phenoxy) is 2. The molecule has 0 amide bonds. The van der Waals surface area contributed by atoms with E-state index in [1.54, 1.807) is 0 Å². The number of benzene rings is 1. The fourth-order valence-corrected chi connectivity index (χ4v) is 4.19. The van der Waals surface area contributed by atoms with Crippen molar-refractivity contribution in [3.8, 4) is 17.6 Å². The fraction of sp³-hybridized carbons (Fsp3) is 0.409. The minimum atomic E-state index is -4.73. The third-order valence-electron chi connectivity index (χ3n) is 5.44. The lowest BCUT2D eigenvalue weighted by molar-refractivity contribution is -0.274. The molecule has 3 aliphatic rings. The first-order chi connectivity index (χ1) is 13.8. The Kier molecular flexibility index (Phi) is 5.13. The van der Waals surface area contributed by atoms with Gasteiger partial charge in [0.2, 0.25) is 0 Å². The van der Waals surface area contributed by atoms with Crippen LogP contribution in [0.4, 0.5) is 13.2 Å². The largest absolute Gasteiger partial charge is 0.573 e. The molecular weight excluding hydrogens is 383 g/mol. The van der Waals surface area contributed by atoms with Crippen molar-refractivity contribution in [2.75, 3.05) is 6.54 Å². The lowest BCUT2D eigenvalue weighted by Gasteiger charge is -2.40. The molecule has 0 spiro atoms. The van der Waals surface area contributed by atoms with Crippen molar-refractivity contribution >= 4 is 5.97 Å². The molecule has 1 fully saturated rings. The number of halogens is 3. The first-order valence-corrected chi connectivity index (χ1v) is 9.58. The van der Waals surface area contributed by atoms with Crippen LogP contribution in [-0.2, 0) is 9.53 Å². The summed E-state index contributed by atoms with van der Waals surface area (Å²) in [4.78, 5) is 14.3. The van der Waals surface area contributed by atoms with Gasteiger partial charge in [0, 0.05) is 28.8 Å². The molecule has 29 heavy (non-hydrogen) atoms. The van der Waals surface area contributed by atoms with Gasteiger partial charge in [-0.25, -0.2) is 4.79 Å². The van der Waals surface area contributed by atoms with E-state index in [1.165, 1.54) is 30.3 Å².